The third kappa shape index (κ3) is 3.53. The summed E-state index contributed by atoms with van der Waals surface area (Å²) in [7, 11) is 0. The fourth-order valence-corrected chi connectivity index (χ4v) is 1.92. The zero-order valence-electron chi connectivity index (χ0n) is 10.4. The molecule has 1 N–H and O–H groups in total. The molecule has 0 fully saturated rings. The number of nitrogens with zero attached hydrogens (tertiary/aromatic N) is 1. The fourth-order valence-electron chi connectivity index (χ4n) is 1.92. The largest absolute Gasteiger partial charge is 0.311 e. The fraction of sp³-hybridized carbons (Fsp3) is 0.400. The van der Waals surface area contributed by atoms with Gasteiger partial charge in [0.05, 0.1) is 11.2 Å². The molecule has 0 aliphatic carbocycles. The summed E-state index contributed by atoms with van der Waals surface area (Å²) >= 11 is 0. The van der Waals surface area contributed by atoms with Crippen LogP contribution in [0.15, 0.2) is 36.4 Å². The van der Waals surface area contributed by atoms with Gasteiger partial charge in [-0.15, -0.1) is 0 Å². The number of nitrogens with one attached hydrogen (secondary N) is 1. The molecular weight excluding hydrogens is 208 g/mol. The van der Waals surface area contributed by atoms with E-state index in [4.69, 9.17) is 0 Å². The van der Waals surface area contributed by atoms with Gasteiger partial charge in [-0.3, -0.25) is 4.98 Å². The lowest BCUT2D eigenvalue weighted by molar-refractivity contribution is 0.611. The maximum atomic E-state index is 4.63. The Morgan fingerprint density at radius 3 is 2.82 bits per heavy atom. The summed E-state index contributed by atoms with van der Waals surface area (Å²) in [5.74, 6) is 0. The Morgan fingerprint density at radius 1 is 1.06 bits per heavy atom. The van der Waals surface area contributed by atoms with Gasteiger partial charge in [0, 0.05) is 11.9 Å². The summed E-state index contributed by atoms with van der Waals surface area (Å²) in [5, 5.41) is 4.65. The molecule has 0 unspecified atom stereocenters. The molecule has 2 nitrogen and oxygen atoms in total. The van der Waals surface area contributed by atoms with Gasteiger partial charge in [0.2, 0.25) is 0 Å². The third-order valence-corrected chi connectivity index (χ3v) is 2.92. The number of hydrogen-bond acceptors (Lipinski definition) is 2. The number of benzene rings is 1. The molecule has 0 spiro atoms. The molecule has 2 rings (SSSR count). The molecule has 2 aromatic rings. The first-order chi connectivity index (χ1) is 8.40. The van der Waals surface area contributed by atoms with Crippen LogP contribution in [0.4, 0.5) is 0 Å². The molecular formula is C15H20N2. The van der Waals surface area contributed by atoms with Crippen molar-refractivity contribution in [2.75, 3.05) is 6.54 Å². The van der Waals surface area contributed by atoms with Crippen LogP contribution in [-0.4, -0.2) is 11.5 Å². The Bertz CT molecular complexity index is 465. The number of fused-ring (bicyclic) bond motifs is 1. The number of para-hydroxylation sites is 1. The van der Waals surface area contributed by atoms with Gasteiger partial charge in [0.15, 0.2) is 0 Å². The summed E-state index contributed by atoms with van der Waals surface area (Å²) < 4.78 is 0. The molecule has 1 aromatic heterocycles. The number of hydrogen-bond donors (Lipinski definition) is 1. The summed E-state index contributed by atoms with van der Waals surface area (Å²) in [6, 6.07) is 12.5. The van der Waals surface area contributed by atoms with Crippen molar-refractivity contribution in [2.45, 2.75) is 32.7 Å². The second kappa shape index (κ2) is 6.36. The standard InChI is InChI=1S/C15H20N2/c1-2-3-6-11-16-12-14-10-9-13-7-4-5-8-15(13)17-14/h4-5,7-10,16H,2-3,6,11-12H2,1H3. The molecule has 2 heteroatoms. The van der Waals surface area contributed by atoms with Crippen LogP contribution in [0.1, 0.15) is 31.9 Å². The van der Waals surface area contributed by atoms with Gasteiger partial charge in [-0.1, -0.05) is 44.0 Å². The molecule has 0 bridgehead atoms. The third-order valence-electron chi connectivity index (χ3n) is 2.92. The van der Waals surface area contributed by atoms with Crippen LogP contribution in [-0.2, 0) is 6.54 Å². The Hall–Kier alpha value is -1.41. The van der Waals surface area contributed by atoms with Gasteiger partial charge >= 0.3 is 0 Å². The van der Waals surface area contributed by atoms with E-state index in [9.17, 15) is 0 Å². The highest BCUT2D eigenvalue weighted by molar-refractivity contribution is 5.78. The minimum atomic E-state index is 0.870. The van der Waals surface area contributed by atoms with Gasteiger partial charge < -0.3 is 5.32 Å². The topological polar surface area (TPSA) is 24.9 Å². The van der Waals surface area contributed by atoms with E-state index in [0.717, 1.165) is 24.3 Å². The molecule has 0 aliphatic rings. The molecule has 1 aromatic carbocycles. The Morgan fingerprint density at radius 2 is 1.94 bits per heavy atom. The minimum absolute atomic E-state index is 0.870. The summed E-state index contributed by atoms with van der Waals surface area (Å²) in [6.07, 6.45) is 3.83. The first-order valence-electron chi connectivity index (χ1n) is 6.45. The van der Waals surface area contributed by atoms with Crippen LogP contribution in [0.25, 0.3) is 10.9 Å². The monoisotopic (exact) mass is 228 g/mol. The lowest BCUT2D eigenvalue weighted by atomic mass is 10.2. The van der Waals surface area contributed by atoms with Crippen LogP contribution in [0.2, 0.25) is 0 Å². The van der Waals surface area contributed by atoms with E-state index in [2.05, 4.69) is 41.5 Å². The van der Waals surface area contributed by atoms with Crippen molar-refractivity contribution in [2.24, 2.45) is 0 Å². The summed E-state index contributed by atoms with van der Waals surface area (Å²) in [5.41, 5.74) is 2.21. The lowest BCUT2D eigenvalue weighted by Crippen LogP contribution is -2.15. The molecule has 17 heavy (non-hydrogen) atoms. The van der Waals surface area contributed by atoms with Crippen molar-refractivity contribution in [1.29, 1.82) is 0 Å². The highest BCUT2D eigenvalue weighted by Gasteiger charge is 1.97. The van der Waals surface area contributed by atoms with Gasteiger partial charge in [0.1, 0.15) is 0 Å². The number of aromatic nitrogens is 1. The van der Waals surface area contributed by atoms with Crippen LogP contribution < -0.4 is 5.32 Å². The van der Waals surface area contributed by atoms with Crippen molar-refractivity contribution >= 4 is 10.9 Å². The Kier molecular flexibility index (Phi) is 4.51. The van der Waals surface area contributed by atoms with E-state index in [1.807, 2.05) is 12.1 Å². The first-order valence-corrected chi connectivity index (χ1v) is 6.45. The maximum absolute atomic E-state index is 4.63. The van der Waals surface area contributed by atoms with Crippen molar-refractivity contribution in [3.63, 3.8) is 0 Å². The van der Waals surface area contributed by atoms with Gasteiger partial charge in [-0.05, 0) is 25.1 Å². The maximum Gasteiger partial charge on any atom is 0.0705 e. The Labute approximate surface area is 103 Å². The predicted molar refractivity (Wildman–Crippen MR) is 73.0 cm³/mol. The number of rotatable bonds is 6. The minimum Gasteiger partial charge on any atom is -0.311 e. The molecule has 1 heterocycles. The highest BCUT2D eigenvalue weighted by atomic mass is 14.9. The van der Waals surface area contributed by atoms with Crippen LogP contribution in [0, 0.1) is 0 Å². The van der Waals surface area contributed by atoms with E-state index in [1.165, 1.54) is 24.6 Å². The first kappa shape index (κ1) is 12.1. The van der Waals surface area contributed by atoms with Crippen molar-refractivity contribution in [1.82, 2.24) is 10.3 Å². The average Bonchev–Trinajstić information content (AvgIpc) is 2.38. The molecule has 0 radical (unpaired) electrons. The SMILES string of the molecule is CCCCCNCc1ccc2ccccc2n1. The second-order valence-electron chi connectivity index (χ2n) is 4.38. The molecule has 90 valence electrons. The molecule has 0 atom stereocenters. The lowest BCUT2D eigenvalue weighted by Gasteiger charge is -2.05. The van der Waals surface area contributed by atoms with Crippen LogP contribution in [0.5, 0.6) is 0 Å². The summed E-state index contributed by atoms with van der Waals surface area (Å²) in [4.78, 5) is 4.63. The smallest absolute Gasteiger partial charge is 0.0705 e. The van der Waals surface area contributed by atoms with Crippen molar-refractivity contribution < 1.29 is 0 Å². The molecule has 0 aliphatic heterocycles. The summed E-state index contributed by atoms with van der Waals surface area (Å²) in [6.45, 7) is 4.18. The number of pyridine rings is 1. The van der Waals surface area contributed by atoms with Gasteiger partial charge in [-0.25, -0.2) is 0 Å². The van der Waals surface area contributed by atoms with E-state index < -0.39 is 0 Å². The normalized spacial score (nSPS) is 10.9. The predicted octanol–water partition coefficient (Wildman–Crippen LogP) is 3.51. The van der Waals surface area contributed by atoms with Crippen LogP contribution >= 0.6 is 0 Å². The number of unbranched alkanes of at least 4 members (excludes halogenated alkanes) is 2. The van der Waals surface area contributed by atoms with E-state index in [1.54, 1.807) is 0 Å². The second-order valence-corrected chi connectivity index (χ2v) is 4.38. The van der Waals surface area contributed by atoms with Crippen molar-refractivity contribution in [3.8, 4) is 0 Å². The quantitative estimate of drug-likeness (QED) is 0.765. The van der Waals surface area contributed by atoms with E-state index in [0.29, 0.717) is 0 Å². The van der Waals surface area contributed by atoms with E-state index >= 15 is 0 Å². The van der Waals surface area contributed by atoms with Crippen molar-refractivity contribution in [3.05, 3.63) is 42.1 Å². The Balaban J connectivity index is 1.90. The molecule has 0 saturated carbocycles. The highest BCUT2D eigenvalue weighted by Crippen LogP contribution is 2.11. The van der Waals surface area contributed by atoms with Crippen LogP contribution in [0.3, 0.4) is 0 Å². The zero-order valence-corrected chi connectivity index (χ0v) is 10.4. The average molecular weight is 228 g/mol. The molecule has 0 saturated heterocycles. The van der Waals surface area contributed by atoms with Gasteiger partial charge in [0.25, 0.3) is 0 Å². The van der Waals surface area contributed by atoms with E-state index in [-0.39, 0.29) is 0 Å². The molecule has 0 amide bonds. The van der Waals surface area contributed by atoms with Gasteiger partial charge in [-0.2, -0.15) is 0 Å². The zero-order chi connectivity index (χ0) is 11.9.